The van der Waals surface area contributed by atoms with Gasteiger partial charge >= 0.3 is 0 Å². The molecule has 1 aliphatic heterocycles. The number of fused-ring (bicyclic) bond motifs is 1. The van der Waals surface area contributed by atoms with E-state index in [0.717, 1.165) is 23.5 Å². The molecule has 0 radical (unpaired) electrons. The van der Waals surface area contributed by atoms with Crippen molar-refractivity contribution < 1.29 is 4.74 Å². The third-order valence-electron chi connectivity index (χ3n) is 2.82. The minimum absolute atomic E-state index is 0.693. The number of nitrogens with zero attached hydrogens (tertiary/aromatic N) is 4. The average molecular weight is 254 g/mol. The first kappa shape index (κ1) is 11.6. The summed E-state index contributed by atoms with van der Waals surface area (Å²) >= 11 is 0. The van der Waals surface area contributed by atoms with Gasteiger partial charge in [0.05, 0.1) is 12.9 Å². The van der Waals surface area contributed by atoms with E-state index in [1.165, 1.54) is 0 Å². The van der Waals surface area contributed by atoms with Gasteiger partial charge in [-0.25, -0.2) is 0 Å². The van der Waals surface area contributed by atoms with Gasteiger partial charge in [-0.15, -0.1) is 10.2 Å². The number of hydrogen-bond acceptors (Lipinski definition) is 4. The molecule has 0 unspecified atom stereocenters. The molecule has 3 rings (SSSR count). The summed E-state index contributed by atoms with van der Waals surface area (Å²) in [6.45, 7) is 0.712. The van der Waals surface area contributed by atoms with Crippen LogP contribution >= 0.6 is 0 Å². The van der Waals surface area contributed by atoms with Crippen LogP contribution in [0.5, 0.6) is 0 Å². The lowest BCUT2D eigenvalue weighted by molar-refractivity contribution is 0.256. The van der Waals surface area contributed by atoms with E-state index in [2.05, 4.69) is 27.4 Å². The maximum atomic E-state index is 5.29. The Hall–Kier alpha value is -2.43. The maximum Gasteiger partial charge on any atom is 0.177 e. The lowest BCUT2D eigenvalue weighted by atomic mass is 10.1. The summed E-state index contributed by atoms with van der Waals surface area (Å²) in [5.41, 5.74) is 1.92. The normalized spacial score (nSPS) is 17.2. The molecular formula is C14H14N4O. The molecule has 0 atom stereocenters. The zero-order chi connectivity index (χ0) is 12.9. The molecule has 0 aromatic carbocycles. The topological polar surface area (TPSA) is 52.3 Å². The highest BCUT2D eigenvalue weighted by atomic mass is 16.5. The molecule has 19 heavy (non-hydrogen) atoms. The van der Waals surface area contributed by atoms with E-state index in [9.17, 15) is 0 Å². The molecule has 0 fully saturated rings. The van der Waals surface area contributed by atoms with Crippen LogP contribution in [0.4, 0.5) is 0 Å². The summed E-state index contributed by atoms with van der Waals surface area (Å²) in [6, 6.07) is 3.75. The van der Waals surface area contributed by atoms with Crippen LogP contribution in [0, 0.1) is 0 Å². The molecule has 0 saturated carbocycles. The largest absolute Gasteiger partial charge is 0.501 e. The molecule has 0 bridgehead atoms. The molecule has 2 aromatic rings. The zero-order valence-electron chi connectivity index (χ0n) is 10.4. The smallest absolute Gasteiger partial charge is 0.177 e. The van der Waals surface area contributed by atoms with Gasteiger partial charge in [-0.2, -0.15) is 9.61 Å². The van der Waals surface area contributed by atoms with Gasteiger partial charge in [-0.05, 0) is 30.2 Å². The van der Waals surface area contributed by atoms with Crippen LogP contribution < -0.4 is 0 Å². The van der Waals surface area contributed by atoms with Crippen molar-refractivity contribution in [1.29, 1.82) is 0 Å². The molecule has 1 aliphatic rings. The Balaban J connectivity index is 1.89. The molecular weight excluding hydrogens is 240 g/mol. The van der Waals surface area contributed by atoms with Crippen molar-refractivity contribution in [2.75, 3.05) is 6.61 Å². The monoisotopic (exact) mass is 254 g/mol. The minimum Gasteiger partial charge on any atom is -0.501 e. The first-order chi connectivity index (χ1) is 9.43. The van der Waals surface area contributed by atoms with E-state index in [-0.39, 0.29) is 0 Å². The van der Waals surface area contributed by atoms with Crippen LogP contribution in [0.15, 0.2) is 54.5 Å². The van der Waals surface area contributed by atoms with E-state index in [1.54, 1.807) is 17.0 Å². The number of aromatic nitrogens is 4. The molecule has 5 nitrogen and oxygen atoms in total. The quantitative estimate of drug-likeness (QED) is 0.823. The molecule has 0 saturated heterocycles. The molecule has 2 aromatic heterocycles. The Morgan fingerprint density at radius 2 is 2.32 bits per heavy atom. The highest BCUT2D eigenvalue weighted by molar-refractivity contribution is 5.36. The fourth-order valence-corrected chi connectivity index (χ4v) is 1.91. The van der Waals surface area contributed by atoms with E-state index in [1.807, 2.05) is 24.3 Å². The molecule has 0 N–H and O–H groups in total. The van der Waals surface area contributed by atoms with Gasteiger partial charge < -0.3 is 4.74 Å². The average Bonchev–Trinajstić information content (AvgIpc) is 2.89. The number of hydrogen-bond donors (Lipinski definition) is 0. The maximum absolute atomic E-state index is 5.29. The first-order valence-corrected chi connectivity index (χ1v) is 6.23. The lowest BCUT2D eigenvalue weighted by Crippen LogP contribution is -1.99. The number of allylic oxidation sites excluding steroid dienone is 4. The first-order valence-electron chi connectivity index (χ1n) is 6.23. The summed E-state index contributed by atoms with van der Waals surface area (Å²) in [5.74, 6) is 0.833. The molecule has 5 heteroatoms. The van der Waals surface area contributed by atoms with Gasteiger partial charge in [0.15, 0.2) is 11.5 Å². The molecule has 96 valence electrons. The van der Waals surface area contributed by atoms with E-state index in [4.69, 9.17) is 4.74 Å². The lowest BCUT2D eigenvalue weighted by Gasteiger charge is -1.99. The Morgan fingerprint density at radius 1 is 1.32 bits per heavy atom. The van der Waals surface area contributed by atoms with Crippen LogP contribution in [0.2, 0.25) is 0 Å². The predicted octanol–water partition coefficient (Wildman–Crippen LogP) is 2.08. The van der Waals surface area contributed by atoms with Crippen LogP contribution in [-0.2, 0) is 11.2 Å². The van der Waals surface area contributed by atoms with Crippen LogP contribution in [0.25, 0.3) is 5.65 Å². The predicted molar refractivity (Wildman–Crippen MR) is 71.4 cm³/mol. The summed E-state index contributed by atoms with van der Waals surface area (Å²) in [4.78, 5) is 0. The van der Waals surface area contributed by atoms with Gasteiger partial charge in [-0.1, -0.05) is 18.2 Å². The van der Waals surface area contributed by atoms with Gasteiger partial charge in [0.25, 0.3) is 0 Å². The minimum atomic E-state index is 0.693. The van der Waals surface area contributed by atoms with E-state index >= 15 is 0 Å². The van der Waals surface area contributed by atoms with Gasteiger partial charge in [0, 0.05) is 12.6 Å². The third kappa shape index (κ3) is 2.70. The van der Waals surface area contributed by atoms with Crippen molar-refractivity contribution >= 4 is 5.65 Å². The fourth-order valence-electron chi connectivity index (χ4n) is 1.91. The summed E-state index contributed by atoms with van der Waals surface area (Å²) in [6.07, 6.45) is 13.2. The molecule has 0 aliphatic carbocycles. The number of rotatable bonds is 2. The summed E-state index contributed by atoms with van der Waals surface area (Å²) < 4.78 is 7.05. The third-order valence-corrected chi connectivity index (χ3v) is 2.82. The molecule has 0 spiro atoms. The Labute approximate surface area is 110 Å². The Bertz CT molecular complexity index is 654. The second kappa shape index (κ2) is 5.48. The summed E-state index contributed by atoms with van der Waals surface area (Å²) in [5, 5.41) is 12.6. The van der Waals surface area contributed by atoms with E-state index < -0.39 is 0 Å². The van der Waals surface area contributed by atoms with Gasteiger partial charge in [0.1, 0.15) is 0 Å². The van der Waals surface area contributed by atoms with Gasteiger partial charge in [-0.3, -0.25) is 0 Å². The molecule has 0 amide bonds. The Kier molecular flexibility index (Phi) is 3.36. The van der Waals surface area contributed by atoms with Gasteiger partial charge in [0.2, 0.25) is 0 Å². The van der Waals surface area contributed by atoms with Crippen molar-refractivity contribution in [3.05, 3.63) is 60.3 Å². The summed E-state index contributed by atoms with van der Waals surface area (Å²) in [7, 11) is 0. The fraction of sp³-hybridized carbons (Fsp3) is 0.214. The van der Waals surface area contributed by atoms with Crippen molar-refractivity contribution in [2.24, 2.45) is 0 Å². The Morgan fingerprint density at radius 3 is 3.32 bits per heavy atom. The van der Waals surface area contributed by atoms with Crippen molar-refractivity contribution in [3.8, 4) is 0 Å². The second-order valence-corrected chi connectivity index (χ2v) is 4.22. The number of ether oxygens (including phenoxy) is 1. The zero-order valence-corrected chi connectivity index (χ0v) is 10.4. The van der Waals surface area contributed by atoms with Crippen molar-refractivity contribution in [3.63, 3.8) is 0 Å². The highest BCUT2D eigenvalue weighted by Crippen LogP contribution is 2.10. The van der Waals surface area contributed by atoms with Crippen molar-refractivity contribution in [1.82, 2.24) is 19.8 Å². The van der Waals surface area contributed by atoms with Crippen LogP contribution in [-0.4, -0.2) is 26.4 Å². The van der Waals surface area contributed by atoms with Crippen molar-refractivity contribution in [2.45, 2.75) is 12.8 Å². The van der Waals surface area contributed by atoms with E-state index in [0.29, 0.717) is 13.0 Å². The standard InChI is InChI=1S/C14H14N4O/c1-2-9-19-10-4-6-12(5-1)11-14-17-16-13-7-3-8-15-18(13)14/h1,3-8,10H,2,9,11H2/b5-1+,10-4?,12-6?. The molecule has 3 heterocycles. The highest BCUT2D eigenvalue weighted by Gasteiger charge is 2.06. The second-order valence-electron chi connectivity index (χ2n) is 4.22. The van der Waals surface area contributed by atoms with Crippen LogP contribution in [0.3, 0.4) is 0 Å². The van der Waals surface area contributed by atoms with Crippen LogP contribution in [0.1, 0.15) is 12.2 Å². The SMILES string of the molecule is C1=COCC/C=C/C(Cc2nnc3cccnn23)=C1.